The second-order valence-corrected chi connectivity index (χ2v) is 10.2. The molecule has 34 heavy (non-hydrogen) atoms. The van der Waals surface area contributed by atoms with E-state index in [-0.39, 0.29) is 11.4 Å². The maximum atomic E-state index is 12.6. The lowest BCUT2D eigenvalue weighted by Gasteiger charge is -2.56. The Balaban J connectivity index is 1.17. The molecule has 1 unspecified atom stereocenters. The van der Waals surface area contributed by atoms with Crippen molar-refractivity contribution in [2.75, 3.05) is 31.6 Å². The summed E-state index contributed by atoms with van der Waals surface area (Å²) in [4.78, 5) is 24.5. The fourth-order valence-corrected chi connectivity index (χ4v) is 6.14. The summed E-state index contributed by atoms with van der Waals surface area (Å²) in [5.74, 6) is 1.65. The van der Waals surface area contributed by atoms with Crippen molar-refractivity contribution < 1.29 is 9.53 Å². The molecule has 6 rings (SSSR count). The second-order valence-electron chi connectivity index (χ2n) is 10.2. The van der Waals surface area contributed by atoms with Crippen LogP contribution >= 0.6 is 0 Å². The molecule has 9 nitrogen and oxygen atoms in total. The van der Waals surface area contributed by atoms with Gasteiger partial charge in [0.25, 0.3) is 5.91 Å². The van der Waals surface area contributed by atoms with Crippen molar-refractivity contribution in [3.8, 4) is 0 Å². The van der Waals surface area contributed by atoms with Gasteiger partial charge >= 0.3 is 0 Å². The van der Waals surface area contributed by atoms with Gasteiger partial charge < -0.3 is 19.9 Å². The van der Waals surface area contributed by atoms with Gasteiger partial charge in [0.15, 0.2) is 5.82 Å². The van der Waals surface area contributed by atoms with Crippen molar-refractivity contribution in [3.05, 3.63) is 53.2 Å². The number of nitrogens with one attached hydrogen (secondary N) is 2. The quantitative estimate of drug-likeness (QED) is 0.720. The first-order chi connectivity index (χ1) is 16.5. The number of nitrogens with zero attached hydrogens (tertiary/aromatic N) is 5. The first-order valence-corrected chi connectivity index (χ1v) is 12.4. The van der Waals surface area contributed by atoms with Gasteiger partial charge in [-0.05, 0) is 51.8 Å². The summed E-state index contributed by atoms with van der Waals surface area (Å²) < 4.78 is 5.59. The number of H-pyrrole nitrogens is 1. The third-order valence-electron chi connectivity index (χ3n) is 8.05. The Morgan fingerprint density at radius 1 is 1.21 bits per heavy atom. The lowest BCUT2D eigenvalue weighted by Crippen LogP contribution is -2.63. The van der Waals surface area contributed by atoms with Gasteiger partial charge in [-0.25, -0.2) is 0 Å². The molecule has 3 atom stereocenters. The molecule has 180 valence electrons. The van der Waals surface area contributed by atoms with Crippen LogP contribution in [0.1, 0.15) is 55.4 Å². The third-order valence-corrected chi connectivity index (χ3v) is 8.05. The van der Waals surface area contributed by atoms with E-state index in [0.29, 0.717) is 29.6 Å². The molecule has 0 aromatic carbocycles. The molecule has 0 radical (unpaired) electrons. The van der Waals surface area contributed by atoms with Crippen LogP contribution in [-0.4, -0.2) is 80.2 Å². The Morgan fingerprint density at radius 2 is 2.03 bits per heavy atom. The smallest absolute Gasteiger partial charge is 0.275 e. The van der Waals surface area contributed by atoms with E-state index in [2.05, 4.69) is 62.0 Å². The summed E-state index contributed by atoms with van der Waals surface area (Å²) in [6.45, 7) is 11.5. The zero-order chi connectivity index (χ0) is 23.4. The molecule has 0 saturated carbocycles. The molecule has 1 amide bonds. The zero-order valence-corrected chi connectivity index (χ0v) is 20.1. The summed E-state index contributed by atoms with van der Waals surface area (Å²) in [5.41, 5.74) is 2.29. The minimum absolute atomic E-state index is 0.216. The average Bonchev–Trinajstić information content (AvgIpc) is 3.34. The molecule has 9 heteroatoms. The van der Waals surface area contributed by atoms with Crippen LogP contribution in [0.5, 0.6) is 0 Å². The summed E-state index contributed by atoms with van der Waals surface area (Å²) in [6, 6.07) is 6.89. The van der Waals surface area contributed by atoms with Gasteiger partial charge in [-0.1, -0.05) is 6.07 Å². The van der Waals surface area contributed by atoms with Crippen molar-refractivity contribution in [2.45, 2.75) is 63.8 Å². The molecule has 2 aromatic rings. The van der Waals surface area contributed by atoms with Crippen molar-refractivity contribution in [1.29, 1.82) is 0 Å². The van der Waals surface area contributed by atoms with E-state index < -0.39 is 0 Å². The molecule has 0 bridgehead atoms. The van der Waals surface area contributed by atoms with Crippen molar-refractivity contribution >= 4 is 11.7 Å². The van der Waals surface area contributed by atoms with Crippen LogP contribution < -0.4 is 5.32 Å². The molecule has 2 aromatic heterocycles. The van der Waals surface area contributed by atoms with E-state index in [0.717, 1.165) is 56.9 Å². The van der Waals surface area contributed by atoms with Crippen LogP contribution in [0.4, 0.5) is 5.82 Å². The van der Waals surface area contributed by atoms with Gasteiger partial charge in [-0.2, -0.15) is 5.10 Å². The van der Waals surface area contributed by atoms with Crippen LogP contribution in [0, 0.1) is 0 Å². The first kappa shape index (κ1) is 21.6. The first-order valence-electron chi connectivity index (χ1n) is 12.4. The number of aromatic nitrogens is 3. The maximum Gasteiger partial charge on any atom is 0.275 e. The van der Waals surface area contributed by atoms with Crippen molar-refractivity contribution in [2.24, 2.45) is 0 Å². The van der Waals surface area contributed by atoms with Crippen LogP contribution in [-0.2, 0) is 16.8 Å². The highest BCUT2D eigenvalue weighted by Gasteiger charge is 2.53. The molecule has 4 aliphatic heterocycles. The molecule has 4 aliphatic rings. The number of pyridine rings is 1. The van der Waals surface area contributed by atoms with E-state index in [1.165, 1.54) is 5.82 Å². The Bertz CT molecular complexity index is 1110. The highest BCUT2D eigenvalue weighted by Crippen LogP contribution is 2.52. The summed E-state index contributed by atoms with van der Waals surface area (Å²) in [7, 11) is 0. The van der Waals surface area contributed by atoms with E-state index in [1.807, 2.05) is 6.07 Å². The number of aromatic amines is 1. The van der Waals surface area contributed by atoms with Gasteiger partial charge in [0.05, 0.1) is 12.2 Å². The minimum Gasteiger partial charge on any atom is -0.381 e. The largest absolute Gasteiger partial charge is 0.381 e. The standard InChI is InChI=1S/C25H33N7O2/c1-16-14-31(17(2)13-30(16)18-7-10-34-11-8-18)21-12-25(3)22-19(15-32(21)25)23(29-28-22)27-24(33)20-6-4-5-9-26-20/h4-6,9,12,16-18H,7-8,10-11,13-15H2,1-3H3,(H2,27,28,29,33)/t16-,17+,25?/m1/s1. The van der Waals surface area contributed by atoms with E-state index >= 15 is 0 Å². The van der Waals surface area contributed by atoms with Crippen LogP contribution in [0.15, 0.2) is 36.3 Å². The third kappa shape index (κ3) is 3.32. The van der Waals surface area contributed by atoms with Gasteiger partial charge in [0.2, 0.25) is 0 Å². The number of rotatable bonds is 4. The average molecular weight is 464 g/mol. The Labute approximate surface area is 200 Å². The maximum absolute atomic E-state index is 12.6. The van der Waals surface area contributed by atoms with E-state index in [9.17, 15) is 4.79 Å². The fraction of sp³-hybridized carbons (Fsp3) is 0.560. The fourth-order valence-electron chi connectivity index (χ4n) is 6.14. The molecule has 0 spiro atoms. The summed E-state index contributed by atoms with van der Waals surface area (Å²) >= 11 is 0. The molecular formula is C25H33N7O2. The highest BCUT2D eigenvalue weighted by atomic mass is 16.5. The number of hydrogen-bond acceptors (Lipinski definition) is 7. The minimum atomic E-state index is -0.242. The van der Waals surface area contributed by atoms with E-state index in [1.54, 1.807) is 18.3 Å². The number of hydrogen-bond donors (Lipinski definition) is 2. The molecule has 0 aliphatic carbocycles. The number of carbonyl (C=O) groups excluding carboxylic acids is 1. The lowest BCUT2D eigenvalue weighted by atomic mass is 9.90. The molecule has 6 heterocycles. The molecule has 2 fully saturated rings. The number of fused-ring (bicyclic) bond motifs is 3. The lowest BCUT2D eigenvalue weighted by molar-refractivity contribution is -0.0381. The van der Waals surface area contributed by atoms with E-state index in [4.69, 9.17) is 4.74 Å². The van der Waals surface area contributed by atoms with Crippen LogP contribution in [0.25, 0.3) is 0 Å². The summed E-state index contributed by atoms with van der Waals surface area (Å²) in [5, 5.41) is 10.6. The number of ether oxygens (including phenoxy) is 1. The van der Waals surface area contributed by atoms with Crippen molar-refractivity contribution in [3.63, 3.8) is 0 Å². The predicted molar refractivity (Wildman–Crippen MR) is 128 cm³/mol. The Morgan fingerprint density at radius 3 is 2.79 bits per heavy atom. The normalized spacial score (nSPS) is 29.3. The molecular weight excluding hydrogens is 430 g/mol. The highest BCUT2D eigenvalue weighted by molar-refractivity contribution is 6.02. The molecule has 2 N–H and O–H groups in total. The van der Waals surface area contributed by atoms with Gasteiger partial charge in [0, 0.05) is 56.2 Å². The summed E-state index contributed by atoms with van der Waals surface area (Å²) in [6.07, 6.45) is 6.25. The van der Waals surface area contributed by atoms with Gasteiger partial charge in [0.1, 0.15) is 17.1 Å². The van der Waals surface area contributed by atoms with Crippen molar-refractivity contribution in [1.82, 2.24) is 29.9 Å². The van der Waals surface area contributed by atoms with Crippen LogP contribution in [0.3, 0.4) is 0 Å². The zero-order valence-electron chi connectivity index (χ0n) is 20.1. The Kier molecular flexibility index (Phi) is 5.14. The topological polar surface area (TPSA) is 89.6 Å². The monoisotopic (exact) mass is 463 g/mol. The Hall–Kier alpha value is -2.91. The predicted octanol–water partition coefficient (Wildman–Crippen LogP) is 2.52. The van der Waals surface area contributed by atoms with Gasteiger partial charge in [-0.15, -0.1) is 0 Å². The SMILES string of the molecule is C[C@@H]1CN(C2=CC3(C)c4[nH]nc(NC(=O)c5ccccn5)c4CN23)[C@@H](C)CN1C1CCOCC1. The molecule has 2 saturated heterocycles. The number of carbonyl (C=O) groups is 1. The number of amides is 1. The number of piperazine rings is 1. The second kappa shape index (κ2) is 8.09. The van der Waals surface area contributed by atoms with Gasteiger partial charge in [-0.3, -0.25) is 19.8 Å². The van der Waals surface area contributed by atoms with Crippen LogP contribution in [0.2, 0.25) is 0 Å². The number of anilines is 1.